The van der Waals surface area contributed by atoms with E-state index in [1.807, 2.05) is 0 Å². The third-order valence-corrected chi connectivity index (χ3v) is 21.6. The zero-order chi connectivity index (χ0) is 68.6. The van der Waals surface area contributed by atoms with Gasteiger partial charge in [-0.15, -0.1) is 0 Å². The summed E-state index contributed by atoms with van der Waals surface area (Å²) in [6.45, 7) is 40.7. The topological polar surface area (TPSA) is 77.3 Å². The van der Waals surface area contributed by atoms with Crippen LogP contribution in [0.3, 0.4) is 0 Å². The van der Waals surface area contributed by atoms with Gasteiger partial charge in [0.1, 0.15) is 0 Å². The molecule has 0 fully saturated rings. The number of rotatable bonds is 0. The minimum absolute atomic E-state index is 0.993. The Morgan fingerprint density at radius 3 is 1.32 bits per heavy atom. The molecular formula is C91H92N6. The molecule has 6 nitrogen and oxygen atoms in total. The van der Waals surface area contributed by atoms with Gasteiger partial charge in [-0.1, -0.05) is 127 Å². The van der Waals surface area contributed by atoms with Crippen molar-refractivity contribution in [2.45, 2.75) is 170 Å². The number of aryl methyl sites for hydroxylation is 17. The molecular weight excluding hydrogens is 1180 g/mol. The molecule has 0 saturated carbocycles. The molecule has 0 aliphatic heterocycles. The van der Waals surface area contributed by atoms with Crippen LogP contribution in [0.5, 0.6) is 0 Å². The van der Waals surface area contributed by atoms with Gasteiger partial charge in [-0.05, 0) is 283 Å². The average molecular weight is 1270 g/mol. The van der Waals surface area contributed by atoms with Crippen molar-refractivity contribution in [2.24, 2.45) is 0 Å². The van der Waals surface area contributed by atoms with E-state index in [2.05, 4.69) is 276 Å². The first-order valence-corrected chi connectivity index (χ1v) is 34.8. The number of nitrogens with zero attached hydrogens (tertiary/aromatic N) is 6. The Labute approximate surface area is 576 Å². The Morgan fingerprint density at radius 1 is 0.227 bits per heavy atom. The summed E-state index contributed by atoms with van der Waals surface area (Å²) in [5.74, 6) is 0. The molecule has 0 spiro atoms. The van der Waals surface area contributed by atoms with E-state index in [1.165, 1.54) is 207 Å². The number of benzene rings is 6. The summed E-state index contributed by atoms with van der Waals surface area (Å²) >= 11 is 0. The summed E-state index contributed by atoms with van der Waals surface area (Å²) in [4.78, 5) is 28.4. The third kappa shape index (κ3) is 12.7. The maximum absolute atomic E-state index is 4.76. The number of hydrogen-bond acceptors (Lipinski definition) is 6. The standard InChI is InChI=1S/2C16H17N.3C15H15N.C14H13N/c1-9-6-13-8-15-16(14(13)7-10(9)2)11(3)5-12(4)17-15;1-9-5-13-8-16-15(14(13)6-10(9)2)7-11(3)12(4)17-16;1-9-4-5-12-8-13-7-10(2)11(3)16-15(13)14(12)6-9;1-9-5-4-6-12-8-13-7-10(2)11(3)16-15(13)14(9)12;1-9-10(2)14-8-12-6-4-5-7-13(12)15(14)16-11(9)3;1-9-7-12-8-11-5-3-4-6-13(11)14(12)15-10(9)2/h2*5-7H,8H2,1-4H3;3*4-7H,8H2,1-3H3;3-7H,8H2,1-2H3. The molecule has 0 bridgehead atoms. The van der Waals surface area contributed by atoms with E-state index < -0.39 is 0 Å². The summed E-state index contributed by atoms with van der Waals surface area (Å²) < 4.78 is 0. The summed E-state index contributed by atoms with van der Waals surface area (Å²) in [7, 11) is 0. The first-order chi connectivity index (χ1) is 46.4. The van der Waals surface area contributed by atoms with Gasteiger partial charge >= 0.3 is 0 Å². The fraction of sp³-hybridized carbons (Fsp3) is 0.275. The van der Waals surface area contributed by atoms with E-state index in [-0.39, 0.29) is 0 Å². The van der Waals surface area contributed by atoms with E-state index in [1.54, 1.807) is 0 Å². The lowest BCUT2D eigenvalue weighted by molar-refractivity contribution is 1.05. The van der Waals surface area contributed by atoms with Gasteiger partial charge in [-0.25, -0.2) is 0 Å². The second kappa shape index (κ2) is 26.3. The van der Waals surface area contributed by atoms with Crippen LogP contribution in [0.25, 0.3) is 67.3 Å². The fourth-order valence-electron chi connectivity index (χ4n) is 15.1. The van der Waals surface area contributed by atoms with Crippen LogP contribution in [-0.4, -0.2) is 29.9 Å². The minimum atomic E-state index is 0.993. The number of fused-ring (bicyclic) bond motifs is 18. The first-order valence-electron chi connectivity index (χ1n) is 34.8. The Hall–Kier alpha value is -9.78. The van der Waals surface area contributed by atoms with Crippen LogP contribution in [0.1, 0.15) is 174 Å². The second-order valence-electron chi connectivity index (χ2n) is 28.6. The number of pyridine rings is 6. The van der Waals surface area contributed by atoms with Crippen molar-refractivity contribution < 1.29 is 0 Å². The van der Waals surface area contributed by atoms with Gasteiger partial charge in [0.25, 0.3) is 0 Å². The van der Waals surface area contributed by atoms with Crippen molar-refractivity contribution in [1.29, 1.82) is 0 Å². The van der Waals surface area contributed by atoms with E-state index in [9.17, 15) is 0 Å². The molecule has 6 aromatic heterocycles. The molecule has 6 aliphatic carbocycles. The van der Waals surface area contributed by atoms with Gasteiger partial charge in [0.05, 0.1) is 34.2 Å². The predicted octanol–water partition coefficient (Wildman–Crippen LogP) is 21.8. The lowest BCUT2D eigenvalue weighted by Crippen LogP contribution is -1.97. The molecule has 0 radical (unpaired) electrons. The summed E-state index contributed by atoms with van der Waals surface area (Å²) in [6, 6.07) is 50.9. The normalized spacial score (nSPS) is 12.4. The maximum atomic E-state index is 4.76. The minimum Gasteiger partial charge on any atom is -0.257 e. The molecule has 97 heavy (non-hydrogen) atoms. The zero-order valence-electron chi connectivity index (χ0n) is 60.7. The third-order valence-electron chi connectivity index (χ3n) is 21.6. The molecule has 6 heterocycles. The monoisotopic (exact) mass is 1270 g/mol. The molecule has 6 aliphatic rings. The fourth-order valence-corrected chi connectivity index (χ4v) is 15.1. The van der Waals surface area contributed by atoms with Crippen molar-refractivity contribution in [1.82, 2.24) is 29.9 Å². The molecule has 18 rings (SSSR count). The highest BCUT2D eigenvalue weighted by Crippen LogP contribution is 2.44. The molecule has 6 aromatic carbocycles. The smallest absolute Gasteiger partial charge is 0.0746 e. The highest BCUT2D eigenvalue weighted by molar-refractivity contribution is 5.82. The second-order valence-corrected chi connectivity index (χ2v) is 28.6. The van der Waals surface area contributed by atoms with E-state index in [0.29, 0.717) is 0 Å². The van der Waals surface area contributed by atoms with Crippen LogP contribution in [0.2, 0.25) is 0 Å². The van der Waals surface area contributed by atoms with Crippen LogP contribution in [0, 0.1) is 132 Å². The maximum Gasteiger partial charge on any atom is 0.0746 e. The first kappa shape index (κ1) is 65.9. The SMILES string of the molecule is Cc1cc(C)c2c(n1)Cc1cc(C)c(C)cc1-2.Cc1cc2c(cc1C)-c1cc(C)c(C)nc1C2.Cc1cc2c(nc1C)-c1c(C)cccc1C2.Cc1cc2c(nc1C)-c1ccccc1C2.Cc1ccc2c(c1)-c1nc(C)c(C)cc1C2.Cc1nc2c(c(C)c1C)Cc1ccccc1-2. The molecule has 0 amide bonds. The molecule has 6 heteroatoms. The Bertz CT molecular complexity index is 5150. The zero-order valence-corrected chi connectivity index (χ0v) is 60.7. The Balaban J connectivity index is 0.000000105. The van der Waals surface area contributed by atoms with E-state index in [4.69, 9.17) is 24.9 Å². The molecule has 0 unspecified atom stereocenters. The van der Waals surface area contributed by atoms with Crippen LogP contribution >= 0.6 is 0 Å². The Kier molecular flexibility index (Phi) is 17.9. The van der Waals surface area contributed by atoms with Crippen molar-refractivity contribution in [3.05, 3.63) is 313 Å². The van der Waals surface area contributed by atoms with Gasteiger partial charge in [-0.3, -0.25) is 29.9 Å². The largest absolute Gasteiger partial charge is 0.257 e. The molecule has 486 valence electrons. The van der Waals surface area contributed by atoms with Gasteiger partial charge in [0.15, 0.2) is 0 Å². The van der Waals surface area contributed by atoms with Crippen molar-refractivity contribution in [3.8, 4) is 67.3 Å². The quantitative estimate of drug-likeness (QED) is 0.151. The van der Waals surface area contributed by atoms with Crippen LogP contribution in [-0.2, 0) is 38.5 Å². The lowest BCUT2D eigenvalue weighted by Gasteiger charge is -2.10. The molecule has 12 aromatic rings. The predicted molar refractivity (Wildman–Crippen MR) is 405 cm³/mol. The average Bonchev–Trinajstić information content (AvgIpc) is 1.67. The highest BCUT2D eigenvalue weighted by atomic mass is 14.8. The van der Waals surface area contributed by atoms with Crippen LogP contribution in [0.15, 0.2) is 140 Å². The van der Waals surface area contributed by atoms with Crippen LogP contribution < -0.4 is 0 Å². The van der Waals surface area contributed by atoms with Crippen molar-refractivity contribution >= 4 is 0 Å². The highest BCUT2D eigenvalue weighted by Gasteiger charge is 2.27. The lowest BCUT2D eigenvalue weighted by atomic mass is 9.98. The van der Waals surface area contributed by atoms with Crippen LogP contribution in [0.4, 0.5) is 0 Å². The van der Waals surface area contributed by atoms with Gasteiger partial charge in [0.2, 0.25) is 0 Å². The molecule has 0 atom stereocenters. The summed E-state index contributed by atoms with van der Waals surface area (Å²) in [6.07, 6.45) is 6.16. The number of hydrogen-bond donors (Lipinski definition) is 0. The number of aromatic nitrogens is 6. The van der Waals surface area contributed by atoms with Crippen molar-refractivity contribution in [3.63, 3.8) is 0 Å². The van der Waals surface area contributed by atoms with Gasteiger partial charge < -0.3 is 0 Å². The molecule has 0 N–H and O–H groups in total. The molecule has 0 saturated heterocycles. The van der Waals surface area contributed by atoms with E-state index >= 15 is 0 Å². The summed E-state index contributed by atoms with van der Waals surface area (Å²) in [5, 5.41) is 0. The summed E-state index contributed by atoms with van der Waals surface area (Å²) in [5.41, 5.74) is 56.5. The van der Waals surface area contributed by atoms with Gasteiger partial charge in [0, 0.05) is 106 Å². The van der Waals surface area contributed by atoms with E-state index in [0.717, 1.165) is 72.7 Å². The van der Waals surface area contributed by atoms with Crippen molar-refractivity contribution in [2.75, 3.05) is 0 Å². The Morgan fingerprint density at radius 2 is 0.680 bits per heavy atom. The van der Waals surface area contributed by atoms with Gasteiger partial charge in [-0.2, -0.15) is 0 Å².